The summed E-state index contributed by atoms with van der Waals surface area (Å²) in [6.45, 7) is 0.250. The van der Waals surface area contributed by atoms with Crippen LogP contribution in [0.25, 0.3) is 20.2 Å². The zero-order valence-electron chi connectivity index (χ0n) is 25.4. The summed E-state index contributed by atoms with van der Waals surface area (Å²) < 4.78 is 2.76. The lowest BCUT2D eigenvalue weighted by Gasteiger charge is -2.38. The fourth-order valence-corrected chi connectivity index (χ4v) is 17.3. The Morgan fingerprint density at radius 2 is 0.957 bits per heavy atom. The maximum atomic E-state index is 2.60. The molecule has 0 N–H and O–H groups in total. The zero-order valence-corrected chi connectivity index (χ0v) is 28.8. The van der Waals surface area contributed by atoms with E-state index < -0.39 is 8.07 Å². The molecule has 8 aromatic rings. The van der Waals surface area contributed by atoms with Gasteiger partial charge in [0.1, 0.15) is 0 Å². The third-order valence-electron chi connectivity index (χ3n) is 9.95. The minimum absolute atomic E-state index is 0.250. The van der Waals surface area contributed by atoms with Crippen LogP contribution < -0.4 is 37.1 Å². The van der Waals surface area contributed by atoms with E-state index in [1.54, 1.807) is 0 Å². The maximum Gasteiger partial charge on any atom is 0.247 e. The summed E-state index contributed by atoms with van der Waals surface area (Å²) in [6, 6.07) is 62.1. The lowest BCUT2D eigenvalue weighted by Crippen LogP contribution is -2.75. The van der Waals surface area contributed by atoms with Gasteiger partial charge in [0.25, 0.3) is 0 Å². The van der Waals surface area contributed by atoms with E-state index in [1.165, 1.54) is 76.9 Å². The summed E-state index contributed by atoms with van der Waals surface area (Å²) in [6.07, 6.45) is 0. The van der Waals surface area contributed by atoms with Crippen LogP contribution in [0.3, 0.4) is 0 Å². The molecule has 0 unspecified atom stereocenters. The summed E-state index contributed by atoms with van der Waals surface area (Å²) in [5.74, 6) is 0. The van der Waals surface area contributed by atoms with Crippen molar-refractivity contribution in [2.24, 2.45) is 0 Å². The van der Waals surface area contributed by atoms with Crippen LogP contribution in [-0.2, 0) is 0 Å². The Morgan fingerprint density at radius 1 is 0.426 bits per heavy atom. The Morgan fingerprint density at radius 3 is 1.60 bits per heavy atom. The van der Waals surface area contributed by atoms with Crippen LogP contribution in [0.5, 0.6) is 0 Å². The number of hydrogen-bond acceptors (Lipinski definition) is 3. The molecular formula is C42H27BS3Si. The molecular weight excluding hydrogens is 640 g/mol. The first-order valence-electron chi connectivity index (χ1n) is 16.0. The Labute approximate surface area is 288 Å². The van der Waals surface area contributed by atoms with E-state index in [4.69, 9.17) is 0 Å². The number of thiophene rings is 1. The fourth-order valence-electron chi connectivity index (χ4n) is 8.00. The molecule has 0 fully saturated rings. The lowest BCUT2D eigenvalue weighted by atomic mass is 9.36. The molecule has 0 bridgehead atoms. The van der Waals surface area contributed by atoms with Crippen LogP contribution in [0.1, 0.15) is 0 Å². The molecule has 5 heteroatoms. The number of fused-ring (bicyclic) bond motifs is 7. The van der Waals surface area contributed by atoms with E-state index in [0.717, 1.165) is 0 Å². The van der Waals surface area contributed by atoms with Crippen LogP contribution in [0.4, 0.5) is 0 Å². The molecule has 10 rings (SSSR count). The van der Waals surface area contributed by atoms with Crippen molar-refractivity contribution >= 4 is 107 Å². The van der Waals surface area contributed by atoms with Gasteiger partial charge in [-0.1, -0.05) is 168 Å². The van der Waals surface area contributed by atoms with Gasteiger partial charge >= 0.3 is 0 Å². The molecule has 1 aromatic heterocycles. The largest absolute Gasteiger partial charge is 0.247 e. The van der Waals surface area contributed by atoms with Gasteiger partial charge in [-0.3, -0.25) is 0 Å². The highest BCUT2D eigenvalue weighted by Crippen LogP contribution is 2.39. The first-order valence-corrected chi connectivity index (χ1v) is 20.5. The lowest BCUT2D eigenvalue weighted by molar-refractivity contribution is 1.34. The molecule has 47 heavy (non-hydrogen) atoms. The van der Waals surface area contributed by atoms with Crippen LogP contribution in [0.15, 0.2) is 183 Å². The molecule has 0 atom stereocenters. The van der Waals surface area contributed by atoms with Crippen molar-refractivity contribution in [3.63, 3.8) is 0 Å². The second kappa shape index (κ2) is 10.9. The normalized spacial score (nSPS) is 13.3. The van der Waals surface area contributed by atoms with Crippen LogP contribution in [0.2, 0.25) is 0 Å². The number of hydrogen-bond donors (Lipinski definition) is 0. The molecule has 0 nitrogen and oxygen atoms in total. The summed E-state index contributed by atoms with van der Waals surface area (Å²) in [7, 11) is -2.83. The highest BCUT2D eigenvalue weighted by atomic mass is 32.2. The first kappa shape index (κ1) is 27.8. The van der Waals surface area contributed by atoms with E-state index >= 15 is 0 Å². The molecule has 2 aliphatic rings. The van der Waals surface area contributed by atoms with Crippen molar-refractivity contribution in [2.75, 3.05) is 0 Å². The van der Waals surface area contributed by atoms with Gasteiger partial charge < -0.3 is 0 Å². The minimum Gasteiger partial charge on any atom is -0.135 e. The average Bonchev–Trinajstić information content (AvgIpc) is 3.52. The average molecular weight is 667 g/mol. The SMILES string of the molecule is c1ccc([Si](c2ccccc2)(c2cc3c4c(c2)Sc2ccccc2B4c2ccccc2S3)c2cccc3c2sc2ccccc23)cc1. The summed E-state index contributed by atoms with van der Waals surface area (Å²) in [5.41, 5.74) is 4.33. The predicted molar refractivity (Wildman–Crippen MR) is 209 cm³/mol. The molecule has 3 heterocycles. The van der Waals surface area contributed by atoms with Crippen molar-refractivity contribution in [3.05, 3.63) is 164 Å². The van der Waals surface area contributed by atoms with Gasteiger partial charge in [0.05, 0.1) is 0 Å². The second-order valence-corrected chi connectivity index (χ2v) is 19.4. The Balaban J connectivity index is 1.34. The number of benzene rings is 7. The van der Waals surface area contributed by atoms with E-state index in [2.05, 4.69) is 164 Å². The molecule has 0 amide bonds. The molecule has 0 spiro atoms. The van der Waals surface area contributed by atoms with Crippen LogP contribution in [0, 0.1) is 0 Å². The molecule has 0 radical (unpaired) electrons. The van der Waals surface area contributed by atoms with Crippen molar-refractivity contribution < 1.29 is 0 Å². The Bertz CT molecular complexity index is 2380. The van der Waals surface area contributed by atoms with Gasteiger partial charge in [-0.05, 0) is 56.5 Å². The number of rotatable bonds is 4. The van der Waals surface area contributed by atoms with E-state index in [-0.39, 0.29) is 6.71 Å². The predicted octanol–water partition coefficient (Wildman–Crippen LogP) is 6.88. The highest BCUT2D eigenvalue weighted by molar-refractivity contribution is 8.01. The monoisotopic (exact) mass is 666 g/mol. The summed E-state index contributed by atoms with van der Waals surface area (Å²) >= 11 is 5.87. The topological polar surface area (TPSA) is 0 Å². The fraction of sp³-hybridized carbons (Fsp3) is 0. The van der Waals surface area contributed by atoms with Crippen molar-refractivity contribution in [1.29, 1.82) is 0 Å². The van der Waals surface area contributed by atoms with Crippen molar-refractivity contribution in [3.8, 4) is 0 Å². The molecule has 0 saturated heterocycles. The maximum absolute atomic E-state index is 2.83. The van der Waals surface area contributed by atoms with Gasteiger partial charge in [0, 0.05) is 39.8 Å². The van der Waals surface area contributed by atoms with Gasteiger partial charge in [-0.2, -0.15) is 0 Å². The van der Waals surface area contributed by atoms with Gasteiger partial charge in [0.2, 0.25) is 6.71 Å². The third-order valence-corrected chi connectivity index (χ3v) is 18.4. The minimum atomic E-state index is -2.83. The Kier molecular flexibility index (Phi) is 6.45. The van der Waals surface area contributed by atoms with Crippen molar-refractivity contribution in [2.45, 2.75) is 19.6 Å². The van der Waals surface area contributed by atoms with Gasteiger partial charge in [-0.15, -0.1) is 11.3 Å². The molecule has 7 aromatic carbocycles. The summed E-state index contributed by atoms with van der Waals surface area (Å²) in [5, 5.41) is 8.47. The van der Waals surface area contributed by atoms with Crippen molar-refractivity contribution in [1.82, 2.24) is 0 Å². The second-order valence-electron chi connectivity index (χ2n) is 12.4. The van der Waals surface area contributed by atoms with Gasteiger partial charge in [-0.25, -0.2) is 0 Å². The molecule has 220 valence electrons. The van der Waals surface area contributed by atoms with Crippen LogP contribution >= 0.6 is 34.9 Å². The quantitative estimate of drug-likeness (QED) is 0.149. The van der Waals surface area contributed by atoms with E-state index in [0.29, 0.717) is 0 Å². The molecule has 0 aliphatic carbocycles. The Hall–Kier alpha value is -4.26. The summed E-state index contributed by atoms with van der Waals surface area (Å²) in [4.78, 5) is 5.53. The van der Waals surface area contributed by atoms with E-state index in [1.807, 2.05) is 34.9 Å². The van der Waals surface area contributed by atoms with E-state index in [9.17, 15) is 0 Å². The smallest absolute Gasteiger partial charge is 0.135 e. The zero-order chi connectivity index (χ0) is 31.0. The molecule has 2 aliphatic heterocycles. The third kappa shape index (κ3) is 4.10. The van der Waals surface area contributed by atoms with Gasteiger partial charge in [0.15, 0.2) is 8.07 Å². The molecule has 0 saturated carbocycles. The standard InChI is InChI=1S/C42H27BS3Si/c1-3-14-28(15-4-1)47(29-16-5-2-6-17-29,40-25-13-19-32-31-18-7-10-22-35(31)46-42(32)40)30-26-38-41-39(27-30)45-37-24-12-9-21-34(37)43(41)33-20-8-11-23-36(33)44-38/h1-27H. The first-order chi connectivity index (χ1) is 23.3. The van der Waals surface area contributed by atoms with Crippen LogP contribution in [-0.4, -0.2) is 14.8 Å². The highest BCUT2D eigenvalue weighted by Gasteiger charge is 2.46.